The summed E-state index contributed by atoms with van der Waals surface area (Å²) in [6.45, 7) is 0. The molecule has 0 unspecified atom stereocenters. The van der Waals surface area contributed by atoms with Gasteiger partial charge >= 0.3 is 0 Å². The van der Waals surface area contributed by atoms with Crippen LogP contribution in [-0.2, 0) is 0 Å². The average Bonchev–Trinajstić information content (AvgIpc) is 2.65. The topological polar surface area (TPSA) is 42.3 Å². The fourth-order valence-electron chi connectivity index (χ4n) is 1.05. The highest BCUT2D eigenvalue weighted by atomic mass is 79.9. The highest BCUT2D eigenvalue weighted by Crippen LogP contribution is 2.27. The van der Waals surface area contributed by atoms with Crippen molar-refractivity contribution in [2.24, 2.45) is 5.18 Å². The van der Waals surface area contributed by atoms with Gasteiger partial charge in [0.25, 0.3) is 0 Å². The minimum Gasteiger partial charge on any atom is -0.229 e. The van der Waals surface area contributed by atoms with Gasteiger partial charge in [0, 0.05) is 10.9 Å². The van der Waals surface area contributed by atoms with Gasteiger partial charge < -0.3 is 0 Å². The average molecular weight is 269 g/mol. The Kier molecular flexibility index (Phi) is 2.69. The fourth-order valence-corrected chi connectivity index (χ4v) is 2.31. The van der Waals surface area contributed by atoms with Crippen molar-refractivity contribution >= 4 is 33.0 Å². The van der Waals surface area contributed by atoms with E-state index in [9.17, 15) is 4.91 Å². The van der Waals surface area contributed by atoms with E-state index in [1.54, 1.807) is 23.5 Å². The van der Waals surface area contributed by atoms with Gasteiger partial charge in [0.2, 0.25) is 0 Å². The standard InChI is InChI=1S/C9H5BrN2OS/c10-8-5-14-9(11-8)6-1-3-7(12-13)4-2-6/h1-5H. The lowest BCUT2D eigenvalue weighted by atomic mass is 10.2. The lowest BCUT2D eigenvalue weighted by molar-refractivity contribution is 1.36. The number of thiazole rings is 1. The van der Waals surface area contributed by atoms with Crippen molar-refractivity contribution in [2.45, 2.75) is 0 Å². The first-order chi connectivity index (χ1) is 6.79. The van der Waals surface area contributed by atoms with Gasteiger partial charge in [0.05, 0.1) is 0 Å². The maximum Gasteiger partial charge on any atom is 0.124 e. The minimum atomic E-state index is 0.435. The SMILES string of the molecule is O=Nc1ccc(-c2nc(Br)cs2)cc1. The van der Waals surface area contributed by atoms with Crippen LogP contribution in [0.5, 0.6) is 0 Å². The largest absolute Gasteiger partial charge is 0.229 e. The number of halogens is 1. The quantitative estimate of drug-likeness (QED) is 0.774. The number of nitroso groups, excluding NO2 is 1. The summed E-state index contributed by atoms with van der Waals surface area (Å²) in [6.07, 6.45) is 0. The number of benzene rings is 1. The van der Waals surface area contributed by atoms with Crippen LogP contribution in [0.25, 0.3) is 10.6 Å². The van der Waals surface area contributed by atoms with Crippen LogP contribution >= 0.6 is 27.3 Å². The monoisotopic (exact) mass is 268 g/mol. The first-order valence-corrected chi connectivity index (χ1v) is 5.51. The number of hydrogen-bond acceptors (Lipinski definition) is 4. The van der Waals surface area contributed by atoms with Crippen molar-refractivity contribution in [3.8, 4) is 10.6 Å². The summed E-state index contributed by atoms with van der Waals surface area (Å²) >= 11 is 4.84. The molecule has 0 N–H and O–H groups in total. The van der Waals surface area contributed by atoms with Gasteiger partial charge in [0.1, 0.15) is 15.3 Å². The Hall–Kier alpha value is -1.07. The van der Waals surface area contributed by atoms with Gasteiger partial charge in [-0.25, -0.2) is 4.98 Å². The molecular formula is C9H5BrN2OS. The van der Waals surface area contributed by atoms with Crippen molar-refractivity contribution in [2.75, 3.05) is 0 Å². The van der Waals surface area contributed by atoms with Crippen LogP contribution in [-0.4, -0.2) is 4.98 Å². The van der Waals surface area contributed by atoms with Crippen molar-refractivity contribution in [3.63, 3.8) is 0 Å². The first-order valence-electron chi connectivity index (χ1n) is 3.84. The fraction of sp³-hybridized carbons (Fsp3) is 0. The van der Waals surface area contributed by atoms with E-state index < -0.39 is 0 Å². The summed E-state index contributed by atoms with van der Waals surface area (Å²) < 4.78 is 0.829. The van der Waals surface area contributed by atoms with Crippen molar-refractivity contribution in [1.82, 2.24) is 4.98 Å². The molecule has 0 atom stereocenters. The van der Waals surface area contributed by atoms with E-state index in [-0.39, 0.29) is 0 Å². The summed E-state index contributed by atoms with van der Waals surface area (Å²) in [5.74, 6) is 0. The first kappa shape index (κ1) is 9.48. The maximum atomic E-state index is 10.2. The molecule has 1 aromatic carbocycles. The van der Waals surface area contributed by atoms with E-state index in [2.05, 4.69) is 26.1 Å². The Morgan fingerprint density at radius 1 is 1.29 bits per heavy atom. The van der Waals surface area contributed by atoms with Crippen LogP contribution in [0.2, 0.25) is 0 Å². The van der Waals surface area contributed by atoms with Crippen molar-refractivity contribution in [1.29, 1.82) is 0 Å². The van der Waals surface area contributed by atoms with E-state index in [1.165, 1.54) is 0 Å². The predicted octanol–water partition coefficient (Wildman–Crippen LogP) is 3.97. The summed E-state index contributed by atoms with van der Waals surface area (Å²) in [7, 11) is 0. The lowest BCUT2D eigenvalue weighted by Crippen LogP contribution is -1.74. The molecule has 3 nitrogen and oxygen atoms in total. The summed E-state index contributed by atoms with van der Waals surface area (Å²) in [5.41, 5.74) is 1.43. The maximum absolute atomic E-state index is 10.2. The Bertz CT molecular complexity index is 452. The van der Waals surface area contributed by atoms with Crippen LogP contribution in [0.15, 0.2) is 39.4 Å². The van der Waals surface area contributed by atoms with Gasteiger partial charge in [-0.05, 0) is 45.4 Å². The van der Waals surface area contributed by atoms with E-state index in [4.69, 9.17) is 0 Å². The van der Waals surface area contributed by atoms with Gasteiger partial charge in [-0.15, -0.1) is 16.2 Å². The third kappa shape index (κ3) is 1.88. The molecule has 0 bridgehead atoms. The summed E-state index contributed by atoms with van der Waals surface area (Å²) in [4.78, 5) is 14.5. The Morgan fingerprint density at radius 2 is 2.00 bits per heavy atom. The van der Waals surface area contributed by atoms with E-state index in [0.717, 1.165) is 15.2 Å². The molecule has 70 valence electrons. The van der Waals surface area contributed by atoms with E-state index in [0.29, 0.717) is 5.69 Å². The smallest absolute Gasteiger partial charge is 0.124 e. The van der Waals surface area contributed by atoms with E-state index >= 15 is 0 Å². The Morgan fingerprint density at radius 3 is 2.50 bits per heavy atom. The molecule has 0 fully saturated rings. The number of rotatable bonds is 2. The molecule has 0 spiro atoms. The molecule has 14 heavy (non-hydrogen) atoms. The van der Waals surface area contributed by atoms with Gasteiger partial charge in [-0.1, -0.05) is 0 Å². The van der Waals surface area contributed by atoms with Crippen molar-refractivity contribution < 1.29 is 0 Å². The van der Waals surface area contributed by atoms with Gasteiger partial charge in [-0.2, -0.15) is 0 Å². The third-order valence-electron chi connectivity index (χ3n) is 1.70. The van der Waals surface area contributed by atoms with Gasteiger partial charge in [0.15, 0.2) is 0 Å². The number of aromatic nitrogens is 1. The van der Waals surface area contributed by atoms with E-state index in [1.807, 2.05) is 17.5 Å². The third-order valence-corrected chi connectivity index (χ3v) is 3.30. The molecule has 0 aliphatic carbocycles. The molecule has 0 radical (unpaired) electrons. The zero-order valence-corrected chi connectivity index (χ0v) is 9.38. The second kappa shape index (κ2) is 3.98. The number of nitrogens with zero attached hydrogens (tertiary/aromatic N) is 2. The highest BCUT2D eigenvalue weighted by Gasteiger charge is 2.02. The molecule has 0 saturated heterocycles. The lowest BCUT2D eigenvalue weighted by Gasteiger charge is -1.94. The van der Waals surface area contributed by atoms with Crippen LogP contribution in [0.4, 0.5) is 5.69 Å². The molecule has 5 heteroatoms. The second-order valence-electron chi connectivity index (χ2n) is 2.61. The van der Waals surface area contributed by atoms with Crippen LogP contribution in [0, 0.1) is 4.91 Å². The zero-order valence-electron chi connectivity index (χ0n) is 6.98. The molecule has 0 amide bonds. The minimum absolute atomic E-state index is 0.435. The molecule has 2 aromatic rings. The zero-order chi connectivity index (χ0) is 9.97. The van der Waals surface area contributed by atoms with Crippen molar-refractivity contribution in [3.05, 3.63) is 39.2 Å². The molecule has 0 aliphatic rings. The molecule has 1 heterocycles. The van der Waals surface area contributed by atoms with Crippen LogP contribution in [0.3, 0.4) is 0 Å². The Balaban J connectivity index is 2.38. The van der Waals surface area contributed by atoms with Crippen LogP contribution < -0.4 is 0 Å². The molecular weight excluding hydrogens is 264 g/mol. The highest BCUT2D eigenvalue weighted by molar-refractivity contribution is 9.10. The second-order valence-corrected chi connectivity index (χ2v) is 4.28. The summed E-state index contributed by atoms with van der Waals surface area (Å²) in [5, 5.41) is 5.68. The number of hydrogen-bond donors (Lipinski definition) is 0. The summed E-state index contributed by atoms with van der Waals surface area (Å²) in [6, 6.07) is 7.03. The van der Waals surface area contributed by atoms with Crippen LogP contribution in [0.1, 0.15) is 0 Å². The molecule has 0 aliphatic heterocycles. The molecule has 0 saturated carbocycles. The molecule has 2 rings (SSSR count). The normalized spacial score (nSPS) is 10.1. The predicted molar refractivity (Wildman–Crippen MR) is 60.7 cm³/mol. The molecule has 1 aromatic heterocycles. The Labute approximate surface area is 92.9 Å². The van der Waals surface area contributed by atoms with Gasteiger partial charge in [-0.3, -0.25) is 0 Å².